The Kier molecular flexibility index (Phi) is 5.03. The Bertz CT molecular complexity index is 449. The summed E-state index contributed by atoms with van der Waals surface area (Å²) in [6.07, 6.45) is 0. The van der Waals surface area contributed by atoms with Crippen molar-refractivity contribution in [1.82, 2.24) is 0 Å². The van der Waals surface area contributed by atoms with Gasteiger partial charge in [-0.3, -0.25) is 4.79 Å². The van der Waals surface area contributed by atoms with E-state index < -0.39 is 0 Å². The van der Waals surface area contributed by atoms with Crippen molar-refractivity contribution in [3.63, 3.8) is 0 Å². The Labute approximate surface area is 102 Å². The second-order valence-electron chi connectivity index (χ2n) is 3.61. The van der Waals surface area contributed by atoms with Crippen molar-refractivity contribution in [1.29, 1.82) is 0 Å². The van der Waals surface area contributed by atoms with Crippen LogP contribution in [0.1, 0.15) is 19.4 Å². The molecule has 0 aromatic heterocycles. The fourth-order valence-electron chi connectivity index (χ4n) is 1.19. The third kappa shape index (κ3) is 4.16. The molecular formula is C15H16O2. The van der Waals surface area contributed by atoms with Gasteiger partial charge in [-0.15, -0.1) is 0 Å². The molecule has 0 aliphatic heterocycles. The van der Waals surface area contributed by atoms with Crippen LogP contribution in [0.4, 0.5) is 0 Å². The number of carbonyl (C=O) groups is 1. The van der Waals surface area contributed by atoms with Gasteiger partial charge < -0.3 is 4.74 Å². The summed E-state index contributed by atoms with van der Waals surface area (Å²) in [4.78, 5) is 11.4. The van der Waals surface area contributed by atoms with Gasteiger partial charge in [0.2, 0.25) is 0 Å². The highest BCUT2D eigenvalue weighted by atomic mass is 16.5. The average Bonchev–Trinajstić information content (AvgIpc) is 2.36. The van der Waals surface area contributed by atoms with E-state index in [0.717, 1.165) is 5.56 Å². The minimum Gasteiger partial charge on any atom is -0.466 e. The zero-order valence-electron chi connectivity index (χ0n) is 10.2. The predicted octanol–water partition coefficient (Wildman–Crippen LogP) is 2.79. The van der Waals surface area contributed by atoms with E-state index in [9.17, 15) is 4.79 Å². The molecule has 0 aliphatic carbocycles. The van der Waals surface area contributed by atoms with E-state index in [1.54, 1.807) is 13.8 Å². The highest BCUT2D eigenvalue weighted by Crippen LogP contribution is 2.09. The van der Waals surface area contributed by atoms with E-state index in [-0.39, 0.29) is 11.9 Å². The van der Waals surface area contributed by atoms with Crippen LogP contribution in [-0.4, -0.2) is 12.6 Å². The molecule has 0 saturated carbocycles. The maximum atomic E-state index is 11.4. The molecule has 1 unspecified atom stereocenters. The maximum absolute atomic E-state index is 11.4. The number of rotatable bonds is 3. The number of ether oxygens (including phenoxy) is 1. The zero-order valence-corrected chi connectivity index (χ0v) is 10.2. The largest absolute Gasteiger partial charge is 0.466 e. The topological polar surface area (TPSA) is 26.3 Å². The molecule has 1 atom stereocenters. The normalized spacial score (nSPS) is 10.9. The molecule has 17 heavy (non-hydrogen) atoms. The van der Waals surface area contributed by atoms with Crippen molar-refractivity contribution in [2.45, 2.75) is 13.8 Å². The van der Waals surface area contributed by atoms with E-state index in [0.29, 0.717) is 12.2 Å². The molecule has 0 bridgehead atoms. The van der Waals surface area contributed by atoms with E-state index in [1.165, 1.54) is 0 Å². The van der Waals surface area contributed by atoms with Crippen LogP contribution in [0.25, 0.3) is 0 Å². The summed E-state index contributed by atoms with van der Waals surface area (Å²) >= 11 is 0. The van der Waals surface area contributed by atoms with Gasteiger partial charge in [-0.2, -0.15) is 0 Å². The second-order valence-corrected chi connectivity index (χ2v) is 3.61. The van der Waals surface area contributed by atoms with E-state index in [1.807, 2.05) is 30.3 Å². The lowest BCUT2D eigenvalue weighted by Gasteiger charge is -2.08. The first-order chi connectivity index (χ1) is 8.15. The van der Waals surface area contributed by atoms with Gasteiger partial charge in [-0.1, -0.05) is 36.6 Å². The lowest BCUT2D eigenvalue weighted by molar-refractivity contribution is -0.145. The Morgan fingerprint density at radius 1 is 1.41 bits per heavy atom. The SMILES string of the molecule is C=C(C#Cc1ccccc1)C(C)C(=O)OCC. The first-order valence-electron chi connectivity index (χ1n) is 5.57. The van der Waals surface area contributed by atoms with Gasteiger partial charge in [0.25, 0.3) is 0 Å². The molecule has 0 N–H and O–H groups in total. The number of esters is 1. The number of carbonyl (C=O) groups excluding carboxylic acids is 1. The maximum Gasteiger partial charge on any atom is 0.313 e. The van der Waals surface area contributed by atoms with Crippen LogP contribution in [0.3, 0.4) is 0 Å². The Morgan fingerprint density at radius 2 is 2.06 bits per heavy atom. The molecule has 2 nitrogen and oxygen atoms in total. The molecule has 0 spiro atoms. The smallest absolute Gasteiger partial charge is 0.313 e. The number of benzene rings is 1. The minimum absolute atomic E-state index is 0.278. The van der Waals surface area contributed by atoms with Crippen LogP contribution < -0.4 is 0 Å². The summed E-state index contributed by atoms with van der Waals surface area (Å²) in [5.74, 6) is 5.20. The third-order valence-electron chi connectivity index (χ3n) is 2.30. The van der Waals surface area contributed by atoms with E-state index in [4.69, 9.17) is 4.74 Å². The van der Waals surface area contributed by atoms with Crippen LogP contribution in [-0.2, 0) is 9.53 Å². The van der Waals surface area contributed by atoms with Gasteiger partial charge >= 0.3 is 5.97 Å². The molecule has 0 heterocycles. The number of hydrogen-bond acceptors (Lipinski definition) is 2. The highest BCUT2D eigenvalue weighted by Gasteiger charge is 2.15. The third-order valence-corrected chi connectivity index (χ3v) is 2.30. The van der Waals surface area contributed by atoms with Gasteiger partial charge in [-0.05, 0) is 26.0 Å². The molecule has 2 heteroatoms. The molecular weight excluding hydrogens is 212 g/mol. The van der Waals surface area contributed by atoms with Crippen LogP contribution in [0.15, 0.2) is 42.5 Å². The van der Waals surface area contributed by atoms with Crippen LogP contribution in [0.2, 0.25) is 0 Å². The van der Waals surface area contributed by atoms with E-state index >= 15 is 0 Å². The second kappa shape index (κ2) is 6.55. The Hall–Kier alpha value is -2.01. The standard InChI is InChI=1S/C15H16O2/c1-4-17-15(16)13(3)12(2)10-11-14-8-6-5-7-9-14/h5-9,13H,2,4H2,1,3H3. The monoisotopic (exact) mass is 228 g/mol. The summed E-state index contributed by atoms with van der Waals surface area (Å²) in [7, 11) is 0. The van der Waals surface area contributed by atoms with Gasteiger partial charge in [0, 0.05) is 11.1 Å². The first kappa shape index (κ1) is 13.1. The summed E-state index contributed by atoms with van der Waals surface area (Å²) in [6.45, 7) is 7.71. The van der Waals surface area contributed by atoms with Gasteiger partial charge in [0.1, 0.15) is 0 Å². The summed E-state index contributed by atoms with van der Waals surface area (Å²) in [6, 6.07) is 9.59. The molecule has 0 radical (unpaired) electrons. The van der Waals surface area contributed by atoms with Crippen molar-refractivity contribution >= 4 is 5.97 Å². The Morgan fingerprint density at radius 3 is 2.65 bits per heavy atom. The molecule has 0 aliphatic rings. The summed E-state index contributed by atoms with van der Waals surface area (Å²) in [5.41, 5.74) is 1.48. The average molecular weight is 228 g/mol. The minimum atomic E-state index is -0.383. The van der Waals surface area contributed by atoms with Crippen molar-refractivity contribution in [2.24, 2.45) is 5.92 Å². The first-order valence-corrected chi connectivity index (χ1v) is 5.57. The predicted molar refractivity (Wildman–Crippen MR) is 68.3 cm³/mol. The van der Waals surface area contributed by atoms with Crippen LogP contribution in [0.5, 0.6) is 0 Å². The van der Waals surface area contributed by atoms with Crippen molar-refractivity contribution in [2.75, 3.05) is 6.61 Å². The quantitative estimate of drug-likeness (QED) is 0.587. The van der Waals surface area contributed by atoms with Crippen LogP contribution >= 0.6 is 0 Å². The fourth-order valence-corrected chi connectivity index (χ4v) is 1.19. The summed E-state index contributed by atoms with van der Waals surface area (Å²) in [5, 5.41) is 0. The zero-order chi connectivity index (χ0) is 12.7. The molecule has 88 valence electrons. The van der Waals surface area contributed by atoms with Gasteiger partial charge in [0.15, 0.2) is 0 Å². The fraction of sp³-hybridized carbons (Fsp3) is 0.267. The molecule has 1 aromatic rings. The molecule has 0 fully saturated rings. The lowest BCUT2D eigenvalue weighted by atomic mass is 10.0. The highest BCUT2D eigenvalue weighted by molar-refractivity contribution is 5.76. The number of hydrogen-bond donors (Lipinski definition) is 0. The molecule has 0 amide bonds. The van der Waals surface area contributed by atoms with Crippen molar-refractivity contribution in [3.8, 4) is 11.8 Å². The Balaban J connectivity index is 2.67. The summed E-state index contributed by atoms with van der Waals surface area (Å²) < 4.78 is 4.91. The van der Waals surface area contributed by atoms with Crippen LogP contribution in [0, 0.1) is 17.8 Å². The molecule has 1 aromatic carbocycles. The van der Waals surface area contributed by atoms with Crippen molar-refractivity contribution in [3.05, 3.63) is 48.0 Å². The van der Waals surface area contributed by atoms with Crippen molar-refractivity contribution < 1.29 is 9.53 Å². The van der Waals surface area contributed by atoms with Gasteiger partial charge in [-0.25, -0.2) is 0 Å². The molecule has 0 saturated heterocycles. The lowest BCUT2D eigenvalue weighted by Crippen LogP contribution is -2.15. The molecule has 1 rings (SSSR count). The van der Waals surface area contributed by atoms with E-state index in [2.05, 4.69) is 18.4 Å². The van der Waals surface area contributed by atoms with Gasteiger partial charge in [0.05, 0.1) is 12.5 Å².